The minimum absolute atomic E-state index is 0.0171. The zero-order valence-corrected chi connectivity index (χ0v) is 11.8. The molecule has 1 fully saturated rings. The predicted octanol–water partition coefficient (Wildman–Crippen LogP) is 2.01. The number of morpholine rings is 1. The summed E-state index contributed by atoms with van der Waals surface area (Å²) < 4.78 is 11.2. The van der Waals surface area contributed by atoms with Crippen LogP contribution in [0.25, 0.3) is 0 Å². The summed E-state index contributed by atoms with van der Waals surface area (Å²) in [5.41, 5.74) is 1.12. The van der Waals surface area contributed by atoms with E-state index in [0.717, 1.165) is 11.3 Å². The number of benzene rings is 1. The average molecular weight is 263 g/mol. The Morgan fingerprint density at radius 1 is 1.37 bits per heavy atom. The number of hydrogen-bond acceptors (Lipinski definition) is 3. The molecule has 2 atom stereocenters. The smallest absolute Gasteiger partial charge is 0.260 e. The topological polar surface area (TPSA) is 38.8 Å². The molecule has 1 aliphatic heterocycles. The first kappa shape index (κ1) is 13.9. The molecular formula is C15H21NO3. The van der Waals surface area contributed by atoms with Crippen LogP contribution in [-0.4, -0.2) is 42.7 Å². The van der Waals surface area contributed by atoms with Gasteiger partial charge in [0.2, 0.25) is 0 Å². The quantitative estimate of drug-likeness (QED) is 0.837. The second kappa shape index (κ2) is 6.06. The van der Waals surface area contributed by atoms with Gasteiger partial charge in [-0.3, -0.25) is 4.79 Å². The first-order valence-corrected chi connectivity index (χ1v) is 6.67. The number of amides is 1. The molecule has 1 aliphatic rings. The fourth-order valence-electron chi connectivity index (χ4n) is 2.32. The van der Waals surface area contributed by atoms with Crippen LogP contribution < -0.4 is 4.74 Å². The van der Waals surface area contributed by atoms with Gasteiger partial charge in [-0.1, -0.05) is 12.1 Å². The van der Waals surface area contributed by atoms with Gasteiger partial charge in [-0.05, 0) is 38.5 Å². The van der Waals surface area contributed by atoms with Gasteiger partial charge in [-0.15, -0.1) is 0 Å². The monoisotopic (exact) mass is 263 g/mol. The Hall–Kier alpha value is -1.55. The van der Waals surface area contributed by atoms with Crippen molar-refractivity contribution in [2.75, 3.05) is 19.7 Å². The minimum Gasteiger partial charge on any atom is -0.484 e. The molecule has 0 aliphatic carbocycles. The van der Waals surface area contributed by atoms with Crippen LogP contribution in [0.5, 0.6) is 5.75 Å². The van der Waals surface area contributed by atoms with Gasteiger partial charge < -0.3 is 14.4 Å². The molecule has 4 heteroatoms. The first-order chi connectivity index (χ1) is 9.04. The highest BCUT2D eigenvalue weighted by Crippen LogP contribution is 2.14. The molecule has 0 spiro atoms. The van der Waals surface area contributed by atoms with Crippen LogP contribution in [0, 0.1) is 6.92 Å². The van der Waals surface area contributed by atoms with Crippen molar-refractivity contribution in [3.8, 4) is 5.75 Å². The number of ether oxygens (including phenoxy) is 2. The number of carbonyl (C=O) groups is 1. The third-order valence-corrected chi connectivity index (χ3v) is 3.12. The van der Waals surface area contributed by atoms with Gasteiger partial charge in [-0.25, -0.2) is 0 Å². The molecule has 104 valence electrons. The Bertz CT molecular complexity index is 437. The third kappa shape index (κ3) is 3.96. The fourth-order valence-corrected chi connectivity index (χ4v) is 2.32. The van der Waals surface area contributed by atoms with Crippen LogP contribution in [0.1, 0.15) is 19.4 Å². The molecule has 4 nitrogen and oxygen atoms in total. The van der Waals surface area contributed by atoms with Gasteiger partial charge in [0, 0.05) is 13.1 Å². The third-order valence-electron chi connectivity index (χ3n) is 3.12. The standard InChI is InChI=1S/C15H21NO3/c1-11-5-4-6-14(7-11)18-10-15(17)16-8-12(2)19-13(3)9-16/h4-7,12-13H,8-10H2,1-3H3. The average Bonchev–Trinajstić information content (AvgIpc) is 2.35. The van der Waals surface area contributed by atoms with E-state index in [4.69, 9.17) is 9.47 Å². The van der Waals surface area contributed by atoms with Crippen molar-refractivity contribution in [3.63, 3.8) is 0 Å². The maximum absolute atomic E-state index is 12.1. The van der Waals surface area contributed by atoms with E-state index in [0.29, 0.717) is 13.1 Å². The molecule has 2 rings (SSSR count). The molecule has 1 heterocycles. The maximum Gasteiger partial charge on any atom is 0.260 e. The van der Waals surface area contributed by atoms with Gasteiger partial charge in [0.05, 0.1) is 12.2 Å². The largest absolute Gasteiger partial charge is 0.484 e. The molecule has 0 N–H and O–H groups in total. The van der Waals surface area contributed by atoms with Gasteiger partial charge in [-0.2, -0.15) is 0 Å². The van der Waals surface area contributed by atoms with Crippen molar-refractivity contribution in [1.82, 2.24) is 4.90 Å². The lowest BCUT2D eigenvalue weighted by atomic mass is 10.2. The van der Waals surface area contributed by atoms with Crippen LogP contribution in [0.3, 0.4) is 0 Å². The van der Waals surface area contributed by atoms with E-state index in [1.807, 2.05) is 49.9 Å². The highest BCUT2D eigenvalue weighted by molar-refractivity contribution is 5.78. The molecule has 1 saturated heterocycles. The summed E-state index contributed by atoms with van der Waals surface area (Å²) >= 11 is 0. The Balaban J connectivity index is 1.87. The Labute approximate surface area is 114 Å². The lowest BCUT2D eigenvalue weighted by Gasteiger charge is -2.35. The summed E-state index contributed by atoms with van der Waals surface area (Å²) in [5, 5.41) is 0. The summed E-state index contributed by atoms with van der Waals surface area (Å²) in [6.45, 7) is 7.33. The van der Waals surface area contributed by atoms with Gasteiger partial charge in [0.25, 0.3) is 5.91 Å². The molecule has 2 unspecified atom stereocenters. The number of carbonyl (C=O) groups excluding carboxylic acids is 1. The summed E-state index contributed by atoms with van der Waals surface area (Å²) in [6, 6.07) is 7.72. The molecule has 19 heavy (non-hydrogen) atoms. The van der Waals surface area contributed by atoms with Crippen molar-refractivity contribution in [3.05, 3.63) is 29.8 Å². The summed E-state index contributed by atoms with van der Waals surface area (Å²) in [5.74, 6) is 0.756. The normalized spacial score (nSPS) is 23.2. The Morgan fingerprint density at radius 3 is 2.68 bits per heavy atom. The molecular weight excluding hydrogens is 242 g/mol. The lowest BCUT2D eigenvalue weighted by Crippen LogP contribution is -2.49. The lowest BCUT2D eigenvalue weighted by molar-refractivity contribution is -0.145. The summed E-state index contributed by atoms with van der Waals surface area (Å²) in [4.78, 5) is 13.9. The summed E-state index contributed by atoms with van der Waals surface area (Å²) in [6.07, 6.45) is 0.179. The summed E-state index contributed by atoms with van der Waals surface area (Å²) in [7, 11) is 0. The van der Waals surface area contributed by atoms with Crippen molar-refractivity contribution in [2.24, 2.45) is 0 Å². The van der Waals surface area contributed by atoms with Gasteiger partial charge in [0.1, 0.15) is 5.75 Å². The number of rotatable bonds is 3. The van der Waals surface area contributed by atoms with Crippen LogP contribution >= 0.6 is 0 Å². The van der Waals surface area contributed by atoms with Crippen molar-refractivity contribution < 1.29 is 14.3 Å². The fraction of sp³-hybridized carbons (Fsp3) is 0.533. The first-order valence-electron chi connectivity index (χ1n) is 6.67. The number of aryl methyl sites for hydroxylation is 1. The molecule has 0 aromatic heterocycles. The van der Waals surface area contributed by atoms with E-state index in [9.17, 15) is 4.79 Å². The molecule has 0 saturated carbocycles. The number of nitrogens with zero attached hydrogens (tertiary/aromatic N) is 1. The molecule has 1 amide bonds. The SMILES string of the molecule is Cc1cccc(OCC(=O)N2CC(C)OC(C)C2)c1. The predicted molar refractivity (Wildman–Crippen MR) is 73.3 cm³/mol. The highest BCUT2D eigenvalue weighted by Gasteiger charge is 2.25. The highest BCUT2D eigenvalue weighted by atomic mass is 16.5. The molecule has 1 aromatic carbocycles. The molecule has 0 bridgehead atoms. The second-order valence-corrected chi connectivity index (χ2v) is 5.16. The Kier molecular flexibility index (Phi) is 4.43. The maximum atomic E-state index is 12.1. The number of hydrogen-bond donors (Lipinski definition) is 0. The minimum atomic E-state index is 0.0171. The van der Waals surface area contributed by atoms with E-state index in [1.165, 1.54) is 0 Å². The van der Waals surface area contributed by atoms with Gasteiger partial charge >= 0.3 is 0 Å². The van der Waals surface area contributed by atoms with Crippen LogP contribution in [0.15, 0.2) is 24.3 Å². The van der Waals surface area contributed by atoms with E-state index in [1.54, 1.807) is 0 Å². The zero-order chi connectivity index (χ0) is 13.8. The van der Waals surface area contributed by atoms with E-state index in [-0.39, 0.29) is 24.7 Å². The van der Waals surface area contributed by atoms with E-state index < -0.39 is 0 Å². The molecule has 0 radical (unpaired) electrons. The van der Waals surface area contributed by atoms with Crippen LogP contribution in [-0.2, 0) is 9.53 Å². The van der Waals surface area contributed by atoms with Crippen molar-refractivity contribution >= 4 is 5.91 Å². The van der Waals surface area contributed by atoms with Crippen LogP contribution in [0.2, 0.25) is 0 Å². The van der Waals surface area contributed by atoms with Crippen molar-refractivity contribution in [2.45, 2.75) is 33.0 Å². The van der Waals surface area contributed by atoms with E-state index in [2.05, 4.69) is 0 Å². The van der Waals surface area contributed by atoms with E-state index >= 15 is 0 Å². The zero-order valence-electron chi connectivity index (χ0n) is 11.8. The van der Waals surface area contributed by atoms with Crippen molar-refractivity contribution in [1.29, 1.82) is 0 Å². The second-order valence-electron chi connectivity index (χ2n) is 5.16. The molecule has 1 aromatic rings. The Morgan fingerprint density at radius 2 is 2.05 bits per heavy atom. The van der Waals surface area contributed by atoms with Gasteiger partial charge in [0.15, 0.2) is 6.61 Å². The van der Waals surface area contributed by atoms with Crippen LogP contribution in [0.4, 0.5) is 0 Å².